The summed E-state index contributed by atoms with van der Waals surface area (Å²) in [7, 11) is 0. The number of cyclic esters (lactones) is 1. The normalized spacial score (nSPS) is 20.2. The van der Waals surface area contributed by atoms with Crippen LogP contribution in [0, 0.1) is 0 Å². The number of nitrogens with zero attached hydrogens (tertiary/aromatic N) is 3. The highest BCUT2D eigenvalue weighted by atomic mass is 16.5. The number of allylic oxidation sites excluding steroid dienone is 1. The van der Waals surface area contributed by atoms with Gasteiger partial charge < -0.3 is 18.0 Å². The van der Waals surface area contributed by atoms with Crippen molar-refractivity contribution < 1.29 is 27.6 Å². The Morgan fingerprint density at radius 2 is 1.59 bits per heavy atom. The van der Waals surface area contributed by atoms with E-state index in [1.807, 2.05) is 13.0 Å². The van der Waals surface area contributed by atoms with Crippen LogP contribution < -0.4 is 0 Å². The van der Waals surface area contributed by atoms with Gasteiger partial charge in [-0.3, -0.25) is 9.59 Å². The number of hydrogen-bond acceptors (Lipinski definition) is 9. The molecule has 6 bridgehead atoms. The number of carbonyl (C=O) groups is 2. The molecule has 9 nitrogen and oxygen atoms in total. The summed E-state index contributed by atoms with van der Waals surface area (Å²) in [4.78, 5) is 37.5. The zero-order valence-corrected chi connectivity index (χ0v) is 19.3. The molecule has 0 amide bonds. The van der Waals surface area contributed by atoms with E-state index in [-0.39, 0.29) is 17.7 Å². The summed E-state index contributed by atoms with van der Waals surface area (Å²) in [5.41, 5.74) is 1.60. The molecular formula is C25H29N3O6. The monoisotopic (exact) mass is 467 g/mol. The summed E-state index contributed by atoms with van der Waals surface area (Å²) in [6.07, 6.45) is 14.3. The molecule has 0 radical (unpaired) electrons. The third-order valence-electron chi connectivity index (χ3n) is 5.65. The van der Waals surface area contributed by atoms with Gasteiger partial charge in [-0.1, -0.05) is 19.4 Å². The molecule has 4 rings (SSSR count). The maximum atomic E-state index is 12.4. The van der Waals surface area contributed by atoms with Gasteiger partial charge in [-0.2, -0.15) is 0 Å². The number of ketones is 1. The van der Waals surface area contributed by atoms with Crippen molar-refractivity contribution in [3.05, 3.63) is 36.5 Å². The summed E-state index contributed by atoms with van der Waals surface area (Å²) in [5.74, 6) is 0.988. The van der Waals surface area contributed by atoms with Gasteiger partial charge in [-0.05, 0) is 38.2 Å². The van der Waals surface area contributed by atoms with Crippen LogP contribution in [-0.2, 0) is 14.3 Å². The lowest BCUT2D eigenvalue weighted by Gasteiger charge is -2.07. The Labute approximate surface area is 197 Å². The number of rotatable bonds is 0. The van der Waals surface area contributed by atoms with Crippen LogP contribution in [0.1, 0.15) is 82.2 Å². The van der Waals surface area contributed by atoms with Crippen molar-refractivity contribution in [1.82, 2.24) is 15.0 Å². The van der Waals surface area contributed by atoms with Gasteiger partial charge in [0.1, 0.15) is 24.6 Å². The second-order valence-corrected chi connectivity index (χ2v) is 8.51. The molecule has 0 saturated carbocycles. The summed E-state index contributed by atoms with van der Waals surface area (Å²) < 4.78 is 21.9. The van der Waals surface area contributed by atoms with E-state index in [4.69, 9.17) is 18.0 Å². The molecule has 0 saturated heterocycles. The van der Waals surface area contributed by atoms with Gasteiger partial charge in [0.25, 0.3) is 0 Å². The van der Waals surface area contributed by atoms with E-state index in [0.717, 1.165) is 38.5 Å². The van der Waals surface area contributed by atoms with Gasteiger partial charge in [0.05, 0.1) is 12.3 Å². The molecule has 0 unspecified atom stereocenters. The number of oxazole rings is 3. The minimum Gasteiger partial charge on any atom is -0.466 e. The van der Waals surface area contributed by atoms with Crippen LogP contribution in [0.3, 0.4) is 0 Å². The summed E-state index contributed by atoms with van der Waals surface area (Å²) in [6.45, 7) is 2.36. The molecule has 4 heterocycles. The molecule has 0 spiro atoms. The molecule has 0 aliphatic carbocycles. The first kappa shape index (κ1) is 23.7. The predicted molar refractivity (Wildman–Crippen MR) is 122 cm³/mol. The van der Waals surface area contributed by atoms with Gasteiger partial charge in [0.15, 0.2) is 11.4 Å². The third kappa shape index (κ3) is 6.52. The molecule has 3 aromatic heterocycles. The van der Waals surface area contributed by atoms with Crippen molar-refractivity contribution in [2.24, 2.45) is 0 Å². The standard InChI is InChI=1S/C25H29N3O6/c1-17-13-18(29)9-5-4-7-11-23(30)31-12-8-3-2-6-10-22-26-20(15-32-22)24-28-21(16-34-24)25-27-19(17)14-33-25/h6,10,14-17H,2-5,7-9,11-13H2,1H3/b10-6+/t17-/m0/s1. The van der Waals surface area contributed by atoms with Crippen LogP contribution >= 0.6 is 0 Å². The molecular weight excluding hydrogens is 438 g/mol. The number of Topliss-reactive ketones (excluding diaryl/α,β-unsaturated/α-hetero) is 1. The summed E-state index contributed by atoms with van der Waals surface area (Å²) in [5, 5.41) is 0. The largest absolute Gasteiger partial charge is 0.466 e. The summed E-state index contributed by atoms with van der Waals surface area (Å²) in [6, 6.07) is 0. The average molecular weight is 468 g/mol. The van der Waals surface area contributed by atoms with Crippen molar-refractivity contribution in [3.8, 4) is 23.2 Å². The van der Waals surface area contributed by atoms with Gasteiger partial charge in [0, 0.05) is 25.2 Å². The van der Waals surface area contributed by atoms with Gasteiger partial charge in [-0.25, -0.2) is 15.0 Å². The number of hydrogen-bond donors (Lipinski definition) is 0. The first-order chi connectivity index (χ1) is 16.6. The number of esters is 1. The lowest BCUT2D eigenvalue weighted by molar-refractivity contribution is -0.143. The molecule has 1 atom stereocenters. The van der Waals surface area contributed by atoms with Crippen LogP contribution in [0.2, 0.25) is 0 Å². The number of aromatic nitrogens is 3. The fourth-order valence-corrected chi connectivity index (χ4v) is 3.71. The highest BCUT2D eigenvalue weighted by molar-refractivity contribution is 5.79. The topological polar surface area (TPSA) is 121 Å². The van der Waals surface area contributed by atoms with Crippen molar-refractivity contribution in [1.29, 1.82) is 0 Å². The molecule has 0 fully saturated rings. The van der Waals surface area contributed by atoms with Crippen LogP contribution in [0.5, 0.6) is 0 Å². The van der Waals surface area contributed by atoms with Crippen LogP contribution in [-0.4, -0.2) is 33.3 Å². The molecule has 0 N–H and O–H groups in total. The Hall–Kier alpha value is -3.49. The van der Waals surface area contributed by atoms with E-state index in [1.54, 1.807) is 12.3 Å². The van der Waals surface area contributed by atoms with Crippen molar-refractivity contribution >= 4 is 17.8 Å². The Bertz CT molecular complexity index is 1130. The minimum absolute atomic E-state index is 0.0780. The first-order valence-electron chi connectivity index (χ1n) is 11.8. The average Bonchev–Trinajstić information content (AvgIpc) is 3.57. The molecule has 180 valence electrons. The van der Waals surface area contributed by atoms with Gasteiger partial charge >= 0.3 is 5.97 Å². The maximum absolute atomic E-state index is 12.4. The first-order valence-corrected chi connectivity index (χ1v) is 11.8. The van der Waals surface area contributed by atoms with Gasteiger partial charge in [0.2, 0.25) is 17.7 Å². The Morgan fingerprint density at radius 1 is 0.824 bits per heavy atom. The maximum Gasteiger partial charge on any atom is 0.305 e. The van der Waals surface area contributed by atoms with E-state index >= 15 is 0 Å². The molecule has 1 aliphatic heterocycles. The van der Waals surface area contributed by atoms with E-state index in [9.17, 15) is 9.59 Å². The lowest BCUT2D eigenvalue weighted by Crippen LogP contribution is -2.06. The van der Waals surface area contributed by atoms with Crippen molar-refractivity contribution in [2.45, 2.75) is 70.6 Å². The highest BCUT2D eigenvalue weighted by Gasteiger charge is 2.19. The second kappa shape index (κ2) is 11.6. The zero-order chi connectivity index (χ0) is 23.8. The van der Waals surface area contributed by atoms with Gasteiger partial charge in [-0.15, -0.1) is 0 Å². The van der Waals surface area contributed by atoms with Crippen molar-refractivity contribution in [2.75, 3.05) is 6.61 Å². The quantitative estimate of drug-likeness (QED) is 0.381. The zero-order valence-electron chi connectivity index (χ0n) is 19.3. The number of fused-ring (bicyclic) bond motifs is 8. The van der Waals surface area contributed by atoms with E-state index in [2.05, 4.69) is 15.0 Å². The lowest BCUT2D eigenvalue weighted by atomic mass is 9.98. The fraction of sp³-hybridized carbons (Fsp3) is 0.480. The Kier molecular flexibility index (Phi) is 8.06. The highest BCUT2D eigenvalue weighted by Crippen LogP contribution is 2.27. The third-order valence-corrected chi connectivity index (χ3v) is 5.65. The Morgan fingerprint density at radius 3 is 2.50 bits per heavy atom. The minimum atomic E-state index is -0.176. The van der Waals surface area contributed by atoms with E-state index in [1.165, 1.54) is 12.5 Å². The number of carbonyl (C=O) groups excluding carboxylic acids is 2. The Balaban J connectivity index is 1.45. The SMILES string of the molecule is C[C@H]1CC(=O)CCCCCC(=O)OCCCC/C=C/c2nc(co2)-c2nc(co2)-c2nc1co2. The molecule has 34 heavy (non-hydrogen) atoms. The van der Waals surface area contributed by atoms with E-state index < -0.39 is 0 Å². The molecule has 0 aromatic carbocycles. The van der Waals surface area contributed by atoms with E-state index in [0.29, 0.717) is 60.6 Å². The van der Waals surface area contributed by atoms with Crippen LogP contribution in [0.25, 0.3) is 29.2 Å². The molecule has 9 heteroatoms. The number of ether oxygens (including phenoxy) is 1. The predicted octanol–water partition coefficient (Wildman–Crippen LogP) is 5.74. The second-order valence-electron chi connectivity index (χ2n) is 8.51. The smallest absolute Gasteiger partial charge is 0.305 e. The fourth-order valence-electron chi connectivity index (χ4n) is 3.71. The molecule has 3 aromatic rings. The van der Waals surface area contributed by atoms with Crippen molar-refractivity contribution in [3.63, 3.8) is 0 Å². The molecule has 1 aliphatic rings. The van der Waals surface area contributed by atoms with Crippen LogP contribution in [0.4, 0.5) is 0 Å². The van der Waals surface area contributed by atoms with Crippen LogP contribution in [0.15, 0.2) is 38.1 Å². The summed E-state index contributed by atoms with van der Waals surface area (Å²) >= 11 is 0.